The number of hydrogen-bond acceptors (Lipinski definition) is 3. The predicted octanol–water partition coefficient (Wildman–Crippen LogP) is 1.86. The highest BCUT2D eigenvalue weighted by Crippen LogP contribution is 2.34. The Labute approximate surface area is 95.5 Å². The van der Waals surface area contributed by atoms with Gasteiger partial charge >= 0.3 is 0 Å². The molecule has 1 aromatic rings. The zero-order chi connectivity index (χ0) is 11.0. The smallest absolute Gasteiger partial charge is 0.137 e. The van der Waals surface area contributed by atoms with Gasteiger partial charge in [0, 0.05) is 17.8 Å². The molecule has 0 saturated carbocycles. The van der Waals surface area contributed by atoms with Crippen LogP contribution in [0.5, 0.6) is 5.75 Å². The number of pyridine rings is 1. The summed E-state index contributed by atoms with van der Waals surface area (Å²) in [7, 11) is 1.68. The zero-order valence-electron chi connectivity index (χ0n) is 9.44. The van der Waals surface area contributed by atoms with Crippen LogP contribution in [0.4, 0.5) is 0 Å². The summed E-state index contributed by atoms with van der Waals surface area (Å²) in [6.07, 6.45) is 8.49. The summed E-state index contributed by atoms with van der Waals surface area (Å²) in [4.78, 5) is 4.22. The second-order valence-electron chi connectivity index (χ2n) is 4.57. The summed E-state index contributed by atoms with van der Waals surface area (Å²) < 4.78 is 5.21. The zero-order valence-corrected chi connectivity index (χ0v) is 9.44. The minimum atomic E-state index is 0.521. The Kier molecular flexibility index (Phi) is 2.40. The molecule has 84 valence electrons. The van der Waals surface area contributed by atoms with Gasteiger partial charge < -0.3 is 10.1 Å². The summed E-state index contributed by atoms with van der Waals surface area (Å²) in [5.74, 6) is 1.67. The summed E-state index contributed by atoms with van der Waals surface area (Å²) in [6, 6.07) is 2.59. The highest BCUT2D eigenvalue weighted by Gasteiger charge is 2.30. The van der Waals surface area contributed by atoms with E-state index in [4.69, 9.17) is 4.74 Å². The Balaban J connectivity index is 1.94. The van der Waals surface area contributed by atoms with Gasteiger partial charge in [0.2, 0.25) is 0 Å². The van der Waals surface area contributed by atoms with Crippen LogP contribution in [0.25, 0.3) is 5.57 Å². The number of allylic oxidation sites excluding steroid dienone is 1. The molecule has 3 rings (SSSR count). The molecule has 0 aromatic carbocycles. The molecule has 2 heterocycles. The van der Waals surface area contributed by atoms with Crippen molar-refractivity contribution in [1.29, 1.82) is 0 Å². The molecule has 1 aliphatic carbocycles. The molecule has 1 aromatic heterocycles. The minimum absolute atomic E-state index is 0.521. The number of ether oxygens (including phenoxy) is 1. The molecule has 2 aliphatic rings. The summed E-state index contributed by atoms with van der Waals surface area (Å²) in [5.41, 5.74) is 2.58. The van der Waals surface area contributed by atoms with Gasteiger partial charge in [-0.3, -0.25) is 4.98 Å². The average molecular weight is 216 g/mol. The van der Waals surface area contributed by atoms with E-state index in [2.05, 4.69) is 22.4 Å². The van der Waals surface area contributed by atoms with Crippen molar-refractivity contribution in [3.63, 3.8) is 0 Å². The van der Waals surface area contributed by atoms with Gasteiger partial charge in [0.1, 0.15) is 5.75 Å². The van der Waals surface area contributed by atoms with Crippen LogP contribution in [0.1, 0.15) is 18.4 Å². The molecule has 0 spiro atoms. The fourth-order valence-corrected chi connectivity index (χ4v) is 2.67. The number of nitrogens with one attached hydrogen (secondary N) is 1. The number of nitrogens with zero attached hydrogens (tertiary/aromatic N) is 1. The number of rotatable bonds is 2. The third-order valence-corrected chi connectivity index (χ3v) is 3.55. The lowest BCUT2D eigenvalue weighted by Gasteiger charge is -2.20. The molecule has 1 N–H and O–H groups in total. The molecular weight excluding hydrogens is 200 g/mol. The topological polar surface area (TPSA) is 34.1 Å². The van der Waals surface area contributed by atoms with Crippen LogP contribution >= 0.6 is 0 Å². The van der Waals surface area contributed by atoms with Gasteiger partial charge in [-0.2, -0.15) is 0 Å². The SMILES string of the molecule is COc1cncc(C2=CCC3CNC2C3)c1. The monoisotopic (exact) mass is 216 g/mol. The fraction of sp³-hybridized carbons (Fsp3) is 0.462. The summed E-state index contributed by atoms with van der Waals surface area (Å²) in [5, 5.41) is 3.57. The number of aromatic nitrogens is 1. The van der Waals surface area contributed by atoms with Crippen LogP contribution in [0.15, 0.2) is 24.5 Å². The first-order valence-corrected chi connectivity index (χ1v) is 5.79. The number of methoxy groups -OCH3 is 1. The lowest BCUT2D eigenvalue weighted by molar-refractivity contribution is 0.412. The van der Waals surface area contributed by atoms with E-state index in [0.29, 0.717) is 6.04 Å². The first-order chi connectivity index (χ1) is 7.86. The molecular formula is C13H16N2O. The maximum absolute atomic E-state index is 5.21. The Hall–Kier alpha value is -1.35. The highest BCUT2D eigenvalue weighted by atomic mass is 16.5. The molecule has 16 heavy (non-hydrogen) atoms. The van der Waals surface area contributed by atoms with Gasteiger partial charge in [0.15, 0.2) is 0 Å². The van der Waals surface area contributed by atoms with Crippen LogP contribution in [-0.4, -0.2) is 24.7 Å². The van der Waals surface area contributed by atoms with Crippen molar-refractivity contribution < 1.29 is 4.74 Å². The van der Waals surface area contributed by atoms with Crippen molar-refractivity contribution in [3.8, 4) is 5.75 Å². The van der Waals surface area contributed by atoms with Gasteiger partial charge in [-0.05, 0) is 36.9 Å². The second kappa shape index (κ2) is 3.91. The van der Waals surface area contributed by atoms with E-state index in [1.807, 2.05) is 6.20 Å². The average Bonchev–Trinajstić information content (AvgIpc) is 2.71. The van der Waals surface area contributed by atoms with Crippen molar-refractivity contribution in [3.05, 3.63) is 30.1 Å². The minimum Gasteiger partial charge on any atom is -0.495 e. The molecule has 1 saturated heterocycles. The lowest BCUT2D eigenvalue weighted by atomic mass is 9.87. The molecule has 3 nitrogen and oxygen atoms in total. The molecule has 0 radical (unpaired) electrons. The summed E-state index contributed by atoms with van der Waals surface area (Å²) >= 11 is 0. The number of fused-ring (bicyclic) bond motifs is 2. The van der Waals surface area contributed by atoms with E-state index >= 15 is 0 Å². The van der Waals surface area contributed by atoms with Crippen molar-refractivity contribution in [2.24, 2.45) is 5.92 Å². The Bertz CT molecular complexity index is 428. The van der Waals surface area contributed by atoms with Crippen LogP contribution < -0.4 is 10.1 Å². The Morgan fingerprint density at radius 1 is 1.44 bits per heavy atom. The fourth-order valence-electron chi connectivity index (χ4n) is 2.67. The van der Waals surface area contributed by atoms with E-state index in [1.54, 1.807) is 13.3 Å². The summed E-state index contributed by atoms with van der Waals surface area (Å²) in [6.45, 7) is 1.15. The van der Waals surface area contributed by atoms with E-state index in [1.165, 1.54) is 24.0 Å². The standard InChI is InChI=1S/C13H16N2O/c1-16-11-5-10(7-14-8-11)12-3-2-9-4-13(12)15-6-9/h3,5,7-9,13,15H,2,4,6H2,1H3. The van der Waals surface area contributed by atoms with Crippen molar-refractivity contribution in [1.82, 2.24) is 10.3 Å². The molecule has 0 amide bonds. The Morgan fingerprint density at radius 3 is 3.25 bits per heavy atom. The van der Waals surface area contributed by atoms with E-state index < -0.39 is 0 Å². The van der Waals surface area contributed by atoms with Gasteiger partial charge in [-0.15, -0.1) is 0 Å². The van der Waals surface area contributed by atoms with Gasteiger partial charge in [0.05, 0.1) is 13.3 Å². The van der Waals surface area contributed by atoms with Crippen molar-refractivity contribution >= 4 is 5.57 Å². The third-order valence-electron chi connectivity index (χ3n) is 3.55. The maximum atomic E-state index is 5.21. The second-order valence-corrected chi connectivity index (χ2v) is 4.57. The predicted molar refractivity (Wildman–Crippen MR) is 63.3 cm³/mol. The molecule has 2 bridgehead atoms. The first kappa shape index (κ1) is 9.85. The largest absolute Gasteiger partial charge is 0.495 e. The molecule has 1 fully saturated rings. The van der Waals surface area contributed by atoms with Gasteiger partial charge in [-0.25, -0.2) is 0 Å². The molecule has 1 aliphatic heterocycles. The third kappa shape index (κ3) is 1.61. The molecule has 2 unspecified atom stereocenters. The number of hydrogen-bond donors (Lipinski definition) is 1. The Morgan fingerprint density at radius 2 is 2.38 bits per heavy atom. The van der Waals surface area contributed by atoms with E-state index in [-0.39, 0.29) is 0 Å². The molecule has 2 atom stereocenters. The van der Waals surface area contributed by atoms with Crippen LogP contribution in [0.2, 0.25) is 0 Å². The van der Waals surface area contributed by atoms with Crippen LogP contribution in [-0.2, 0) is 0 Å². The quantitative estimate of drug-likeness (QED) is 0.819. The lowest BCUT2D eigenvalue weighted by Crippen LogP contribution is -2.22. The maximum Gasteiger partial charge on any atom is 0.137 e. The highest BCUT2D eigenvalue weighted by molar-refractivity contribution is 5.71. The van der Waals surface area contributed by atoms with Gasteiger partial charge in [0.25, 0.3) is 0 Å². The van der Waals surface area contributed by atoms with Crippen molar-refractivity contribution in [2.45, 2.75) is 18.9 Å². The first-order valence-electron chi connectivity index (χ1n) is 5.79. The van der Waals surface area contributed by atoms with E-state index in [0.717, 1.165) is 18.2 Å². The van der Waals surface area contributed by atoms with Gasteiger partial charge in [-0.1, -0.05) is 6.08 Å². The van der Waals surface area contributed by atoms with Crippen molar-refractivity contribution in [2.75, 3.05) is 13.7 Å². The van der Waals surface area contributed by atoms with E-state index in [9.17, 15) is 0 Å². The van der Waals surface area contributed by atoms with Crippen LogP contribution in [0, 0.1) is 5.92 Å². The normalized spacial score (nSPS) is 27.7. The molecule has 3 heteroatoms. The van der Waals surface area contributed by atoms with Crippen LogP contribution in [0.3, 0.4) is 0 Å².